The summed E-state index contributed by atoms with van der Waals surface area (Å²) in [5.74, 6) is 1.16. The van der Waals surface area contributed by atoms with Crippen molar-refractivity contribution in [1.82, 2.24) is 14.5 Å². The molecule has 0 aromatic carbocycles. The molecule has 104 valence electrons. The van der Waals surface area contributed by atoms with Gasteiger partial charge in [-0.1, -0.05) is 0 Å². The number of carbonyl (C=O) groups excluding carboxylic acids is 1. The van der Waals surface area contributed by atoms with Crippen LogP contribution in [-0.4, -0.2) is 33.5 Å². The maximum atomic E-state index is 11.1. The molecule has 2 aromatic heterocycles. The number of rotatable bonds is 4. The molecule has 2 N–H and O–H groups in total. The van der Waals surface area contributed by atoms with Crippen LogP contribution in [0.25, 0.3) is 0 Å². The Balaban J connectivity index is 1.61. The second kappa shape index (κ2) is 4.96. The second-order valence-corrected chi connectivity index (χ2v) is 5.16. The minimum Gasteiger partial charge on any atom is -0.371 e. The predicted molar refractivity (Wildman–Crippen MR) is 75.4 cm³/mol. The Morgan fingerprint density at radius 2 is 2.20 bits per heavy atom. The largest absolute Gasteiger partial charge is 0.371 e. The zero-order chi connectivity index (χ0) is 14.1. The minimum atomic E-state index is -0.488. The van der Waals surface area contributed by atoms with E-state index in [1.165, 1.54) is 0 Å². The van der Waals surface area contributed by atoms with Crippen LogP contribution >= 0.6 is 0 Å². The summed E-state index contributed by atoms with van der Waals surface area (Å²) in [4.78, 5) is 21.5. The van der Waals surface area contributed by atoms with Gasteiger partial charge in [-0.05, 0) is 19.1 Å². The number of aryl methyl sites for hydroxylation is 1. The second-order valence-electron chi connectivity index (χ2n) is 5.16. The summed E-state index contributed by atoms with van der Waals surface area (Å²) >= 11 is 0. The van der Waals surface area contributed by atoms with Crippen molar-refractivity contribution in [2.24, 2.45) is 11.7 Å². The molecule has 1 amide bonds. The molecule has 6 nitrogen and oxygen atoms in total. The summed E-state index contributed by atoms with van der Waals surface area (Å²) in [6, 6.07) is 3.66. The summed E-state index contributed by atoms with van der Waals surface area (Å²) < 4.78 is 2.17. The molecule has 6 heteroatoms. The summed E-state index contributed by atoms with van der Waals surface area (Å²) in [5.41, 5.74) is 6.57. The fourth-order valence-corrected chi connectivity index (χ4v) is 2.52. The highest BCUT2D eigenvalue weighted by molar-refractivity contribution is 5.91. The normalized spacial score (nSPS) is 15.2. The zero-order valence-corrected chi connectivity index (χ0v) is 11.4. The summed E-state index contributed by atoms with van der Waals surface area (Å²) in [5, 5.41) is 0. The summed E-state index contributed by atoms with van der Waals surface area (Å²) in [6.45, 7) is 4.94. The van der Waals surface area contributed by atoms with Gasteiger partial charge in [-0.2, -0.15) is 0 Å². The molecule has 0 spiro atoms. The number of pyridine rings is 1. The number of carbonyl (C=O) groups is 1. The van der Waals surface area contributed by atoms with Gasteiger partial charge in [0.2, 0.25) is 0 Å². The van der Waals surface area contributed by atoms with Crippen LogP contribution in [0.15, 0.2) is 30.7 Å². The fraction of sp³-hybridized carbons (Fsp3) is 0.357. The maximum absolute atomic E-state index is 11.1. The van der Waals surface area contributed by atoms with Crippen LogP contribution in [0.5, 0.6) is 0 Å². The van der Waals surface area contributed by atoms with E-state index >= 15 is 0 Å². The summed E-state index contributed by atoms with van der Waals surface area (Å²) in [7, 11) is 0. The monoisotopic (exact) mass is 271 g/mol. The lowest BCUT2D eigenvalue weighted by atomic mass is 9.99. The fourth-order valence-electron chi connectivity index (χ4n) is 2.52. The summed E-state index contributed by atoms with van der Waals surface area (Å²) in [6.07, 6.45) is 5.46. The molecule has 1 fully saturated rings. The number of primary amides is 1. The molecule has 0 atom stereocenters. The van der Waals surface area contributed by atoms with Crippen molar-refractivity contribution in [1.29, 1.82) is 0 Å². The number of aromatic nitrogens is 3. The van der Waals surface area contributed by atoms with E-state index in [0.717, 1.165) is 31.1 Å². The van der Waals surface area contributed by atoms with Gasteiger partial charge in [-0.3, -0.25) is 9.78 Å². The Labute approximate surface area is 117 Å². The number of nitrogens with zero attached hydrogens (tertiary/aromatic N) is 4. The van der Waals surface area contributed by atoms with E-state index in [4.69, 9.17) is 5.73 Å². The van der Waals surface area contributed by atoms with Crippen LogP contribution in [0.1, 0.15) is 16.3 Å². The molecule has 0 aliphatic carbocycles. The van der Waals surface area contributed by atoms with E-state index in [9.17, 15) is 4.79 Å². The Kier molecular flexibility index (Phi) is 3.14. The third-order valence-electron chi connectivity index (χ3n) is 3.70. The zero-order valence-electron chi connectivity index (χ0n) is 11.4. The third kappa shape index (κ3) is 2.36. The topological polar surface area (TPSA) is 77.0 Å². The minimum absolute atomic E-state index is 0.316. The maximum Gasteiger partial charge on any atom is 0.267 e. The number of hydrogen-bond acceptors (Lipinski definition) is 4. The lowest BCUT2D eigenvalue weighted by Crippen LogP contribution is -2.48. The number of imidazole rings is 1. The highest BCUT2D eigenvalue weighted by atomic mass is 16.1. The predicted octanol–water partition coefficient (Wildman–Crippen LogP) is 0.822. The molecule has 0 radical (unpaired) electrons. The Morgan fingerprint density at radius 3 is 2.85 bits per heavy atom. The first-order valence-electron chi connectivity index (χ1n) is 6.62. The van der Waals surface area contributed by atoms with Gasteiger partial charge in [0.25, 0.3) is 5.91 Å². The first-order chi connectivity index (χ1) is 9.63. The lowest BCUT2D eigenvalue weighted by Gasteiger charge is -2.41. The number of nitrogens with two attached hydrogens (primary N) is 1. The van der Waals surface area contributed by atoms with Gasteiger partial charge < -0.3 is 15.2 Å². The molecule has 0 bridgehead atoms. The molecular weight excluding hydrogens is 254 g/mol. The number of hydrogen-bond donors (Lipinski definition) is 1. The van der Waals surface area contributed by atoms with E-state index in [-0.39, 0.29) is 0 Å². The van der Waals surface area contributed by atoms with Crippen LogP contribution in [0.2, 0.25) is 0 Å². The van der Waals surface area contributed by atoms with Crippen molar-refractivity contribution in [3.8, 4) is 0 Å². The third-order valence-corrected chi connectivity index (χ3v) is 3.70. The highest BCUT2D eigenvalue weighted by Crippen LogP contribution is 2.25. The van der Waals surface area contributed by atoms with Crippen molar-refractivity contribution in [2.75, 3.05) is 18.0 Å². The van der Waals surface area contributed by atoms with Gasteiger partial charge in [-0.15, -0.1) is 0 Å². The van der Waals surface area contributed by atoms with Gasteiger partial charge in [0.15, 0.2) is 0 Å². The SMILES string of the molecule is Cc1nccn1CC1CN(c2ccnc(C(N)=O)c2)C1. The molecule has 3 rings (SSSR count). The first-order valence-corrected chi connectivity index (χ1v) is 6.62. The van der Waals surface area contributed by atoms with Gasteiger partial charge in [0.1, 0.15) is 11.5 Å². The molecule has 0 saturated carbocycles. The van der Waals surface area contributed by atoms with Crippen LogP contribution in [-0.2, 0) is 6.54 Å². The smallest absolute Gasteiger partial charge is 0.267 e. The van der Waals surface area contributed by atoms with Gasteiger partial charge in [0, 0.05) is 49.8 Å². The van der Waals surface area contributed by atoms with Crippen LogP contribution in [0.4, 0.5) is 5.69 Å². The average molecular weight is 271 g/mol. The average Bonchev–Trinajstić information content (AvgIpc) is 2.79. The van der Waals surface area contributed by atoms with Crippen molar-refractivity contribution in [2.45, 2.75) is 13.5 Å². The Bertz CT molecular complexity index is 630. The quantitative estimate of drug-likeness (QED) is 0.893. The van der Waals surface area contributed by atoms with E-state index in [2.05, 4.69) is 19.4 Å². The standard InChI is InChI=1S/C14H17N5O/c1-10-16-4-5-18(10)7-11-8-19(9-11)12-2-3-17-13(6-12)14(15)20/h2-6,11H,7-9H2,1H3,(H2,15,20). The lowest BCUT2D eigenvalue weighted by molar-refractivity contribution is 0.0995. The van der Waals surface area contributed by atoms with Crippen molar-refractivity contribution in [3.05, 3.63) is 42.2 Å². The Morgan fingerprint density at radius 1 is 1.40 bits per heavy atom. The van der Waals surface area contributed by atoms with Gasteiger partial charge >= 0.3 is 0 Å². The molecular formula is C14H17N5O. The molecule has 0 unspecified atom stereocenters. The molecule has 3 heterocycles. The van der Waals surface area contributed by atoms with E-state index in [1.54, 1.807) is 12.3 Å². The van der Waals surface area contributed by atoms with Crippen molar-refractivity contribution >= 4 is 11.6 Å². The van der Waals surface area contributed by atoms with Crippen LogP contribution in [0.3, 0.4) is 0 Å². The van der Waals surface area contributed by atoms with E-state index in [0.29, 0.717) is 11.6 Å². The van der Waals surface area contributed by atoms with Crippen molar-refractivity contribution < 1.29 is 4.79 Å². The van der Waals surface area contributed by atoms with Gasteiger partial charge in [0.05, 0.1) is 0 Å². The van der Waals surface area contributed by atoms with E-state index in [1.807, 2.05) is 25.4 Å². The molecule has 1 aliphatic heterocycles. The molecule has 2 aromatic rings. The molecule has 20 heavy (non-hydrogen) atoms. The number of amides is 1. The number of anilines is 1. The van der Waals surface area contributed by atoms with Crippen LogP contribution in [0, 0.1) is 12.8 Å². The first kappa shape index (κ1) is 12.7. The van der Waals surface area contributed by atoms with Crippen LogP contribution < -0.4 is 10.6 Å². The van der Waals surface area contributed by atoms with Gasteiger partial charge in [-0.25, -0.2) is 4.98 Å². The van der Waals surface area contributed by atoms with Crippen molar-refractivity contribution in [3.63, 3.8) is 0 Å². The molecule has 1 saturated heterocycles. The highest BCUT2D eigenvalue weighted by Gasteiger charge is 2.27. The Hall–Kier alpha value is -2.37. The van der Waals surface area contributed by atoms with E-state index < -0.39 is 5.91 Å². The molecule has 1 aliphatic rings.